The van der Waals surface area contributed by atoms with Crippen molar-refractivity contribution in [1.29, 1.82) is 0 Å². The van der Waals surface area contributed by atoms with Crippen molar-refractivity contribution in [3.8, 4) is 0 Å². The molecule has 0 spiro atoms. The van der Waals surface area contributed by atoms with E-state index in [2.05, 4.69) is 23.9 Å². The summed E-state index contributed by atoms with van der Waals surface area (Å²) in [4.78, 5) is 14.9. The third-order valence-electron chi connectivity index (χ3n) is 1.56. The maximum Gasteiger partial charge on any atom is 0.207 e. The highest BCUT2D eigenvalue weighted by atomic mass is 16.3. The summed E-state index contributed by atoms with van der Waals surface area (Å²) in [6.45, 7) is 8.22. The summed E-state index contributed by atoms with van der Waals surface area (Å²) in [5.74, 6) is -0.697. The summed E-state index contributed by atoms with van der Waals surface area (Å²) in [5, 5.41) is 9.51. The van der Waals surface area contributed by atoms with Gasteiger partial charge in [0.05, 0.1) is 17.5 Å². The molecule has 0 radical (unpaired) electrons. The van der Waals surface area contributed by atoms with E-state index in [0.29, 0.717) is 0 Å². The van der Waals surface area contributed by atoms with E-state index in [4.69, 9.17) is 5.73 Å². The SMILES string of the molecule is C=C/C(C(=O)C=NC)=C(O)\C(N)=C\C.C=CN. The molecule has 0 amide bonds. The number of carbonyl (C=O) groups is 1. The van der Waals surface area contributed by atoms with Crippen LogP contribution in [0.4, 0.5) is 0 Å². The van der Waals surface area contributed by atoms with Gasteiger partial charge in [0.25, 0.3) is 0 Å². The number of nitrogens with two attached hydrogens (primary N) is 2. The van der Waals surface area contributed by atoms with Crippen molar-refractivity contribution in [2.45, 2.75) is 6.92 Å². The summed E-state index contributed by atoms with van der Waals surface area (Å²) in [7, 11) is 1.47. The van der Waals surface area contributed by atoms with E-state index < -0.39 is 5.78 Å². The fraction of sp³-hybridized carbons (Fsp3) is 0.167. The highest BCUT2D eigenvalue weighted by Gasteiger charge is 2.10. The van der Waals surface area contributed by atoms with Crippen LogP contribution in [0.25, 0.3) is 0 Å². The van der Waals surface area contributed by atoms with Crippen molar-refractivity contribution in [3.05, 3.63) is 48.5 Å². The number of aliphatic hydroxyl groups excluding tert-OH is 1. The average Bonchev–Trinajstić information content (AvgIpc) is 2.30. The van der Waals surface area contributed by atoms with E-state index in [1.807, 2.05) is 0 Å². The van der Waals surface area contributed by atoms with Crippen LogP contribution in [0, 0.1) is 0 Å². The molecule has 0 aliphatic heterocycles. The van der Waals surface area contributed by atoms with Crippen LogP contribution in [-0.2, 0) is 4.79 Å². The molecule has 0 aromatic heterocycles. The highest BCUT2D eigenvalue weighted by molar-refractivity contribution is 6.36. The molecule has 0 aliphatic carbocycles. The number of aliphatic hydroxyl groups is 1. The van der Waals surface area contributed by atoms with E-state index in [-0.39, 0.29) is 17.0 Å². The lowest BCUT2D eigenvalue weighted by molar-refractivity contribution is -0.109. The van der Waals surface area contributed by atoms with Crippen LogP contribution in [0.3, 0.4) is 0 Å². The molecule has 0 atom stereocenters. The molecule has 0 saturated heterocycles. The van der Waals surface area contributed by atoms with E-state index in [1.165, 1.54) is 25.4 Å². The lowest BCUT2D eigenvalue weighted by Gasteiger charge is -2.03. The summed E-state index contributed by atoms with van der Waals surface area (Å²) < 4.78 is 0. The predicted molar refractivity (Wildman–Crippen MR) is 71.6 cm³/mol. The Bertz CT molecular complexity index is 366. The minimum Gasteiger partial charge on any atom is -0.505 e. The Labute approximate surface area is 102 Å². The van der Waals surface area contributed by atoms with E-state index in [0.717, 1.165) is 6.21 Å². The van der Waals surface area contributed by atoms with Crippen LogP contribution in [0.2, 0.25) is 0 Å². The first-order chi connectivity index (χ1) is 7.99. The Balaban J connectivity index is 0. The van der Waals surface area contributed by atoms with Gasteiger partial charge in [-0.2, -0.15) is 0 Å². The maximum absolute atomic E-state index is 11.3. The van der Waals surface area contributed by atoms with Gasteiger partial charge < -0.3 is 16.6 Å². The van der Waals surface area contributed by atoms with Crippen LogP contribution < -0.4 is 11.5 Å². The first-order valence-corrected chi connectivity index (χ1v) is 4.77. The second-order valence-corrected chi connectivity index (χ2v) is 2.70. The fourth-order valence-corrected chi connectivity index (χ4v) is 0.793. The zero-order chi connectivity index (χ0) is 13.8. The smallest absolute Gasteiger partial charge is 0.207 e. The molecule has 0 aromatic rings. The average molecular weight is 237 g/mol. The summed E-state index contributed by atoms with van der Waals surface area (Å²) in [6.07, 6.45) is 5.08. The lowest BCUT2D eigenvalue weighted by atomic mass is 10.1. The standard InChI is InChI=1S/C10H14N2O2.C2H5N/c1-4-7(9(13)6-12-3)10(14)8(11)5-2;1-2-3/h4-6,14H,1,11H2,2-3H3;2H,1,3H2/b8-5-,10-7-,12-6?;. The van der Waals surface area contributed by atoms with Crippen molar-refractivity contribution in [2.75, 3.05) is 7.05 Å². The minimum atomic E-state index is -0.426. The third kappa shape index (κ3) is 6.72. The lowest BCUT2D eigenvalue weighted by Crippen LogP contribution is -2.10. The summed E-state index contributed by atoms with van der Waals surface area (Å²) in [5.41, 5.74) is 10.2. The highest BCUT2D eigenvalue weighted by Crippen LogP contribution is 2.09. The third-order valence-corrected chi connectivity index (χ3v) is 1.56. The molecule has 0 rings (SSSR count). The Morgan fingerprint density at radius 3 is 2.18 bits per heavy atom. The van der Waals surface area contributed by atoms with Gasteiger partial charge in [0.2, 0.25) is 5.78 Å². The quantitative estimate of drug-likeness (QED) is 0.296. The number of allylic oxidation sites excluding steroid dienone is 3. The number of hydrogen-bond donors (Lipinski definition) is 3. The van der Waals surface area contributed by atoms with E-state index in [9.17, 15) is 9.90 Å². The minimum absolute atomic E-state index is 0.0474. The van der Waals surface area contributed by atoms with Crippen LogP contribution in [0.15, 0.2) is 53.5 Å². The molecule has 5 N–H and O–H groups in total. The van der Waals surface area contributed by atoms with Crippen molar-refractivity contribution < 1.29 is 9.90 Å². The van der Waals surface area contributed by atoms with Gasteiger partial charge in [-0.15, -0.1) is 0 Å². The van der Waals surface area contributed by atoms with Crippen LogP contribution in [-0.4, -0.2) is 24.2 Å². The number of ketones is 1. The van der Waals surface area contributed by atoms with Crippen molar-refractivity contribution in [2.24, 2.45) is 16.5 Å². The van der Waals surface area contributed by atoms with Gasteiger partial charge in [0, 0.05) is 7.05 Å². The topological polar surface area (TPSA) is 102 Å². The van der Waals surface area contributed by atoms with E-state index >= 15 is 0 Å². The normalized spacial score (nSPS) is 12.2. The number of hydrogen-bond acceptors (Lipinski definition) is 5. The zero-order valence-electron chi connectivity index (χ0n) is 10.2. The number of carbonyl (C=O) groups excluding carboxylic acids is 1. The number of aliphatic imine (C=N–C) groups is 1. The monoisotopic (exact) mass is 237 g/mol. The van der Waals surface area contributed by atoms with Crippen molar-refractivity contribution >= 4 is 12.0 Å². The Kier molecular flexibility index (Phi) is 10.3. The first-order valence-electron chi connectivity index (χ1n) is 4.77. The Morgan fingerprint density at radius 2 is 1.88 bits per heavy atom. The zero-order valence-corrected chi connectivity index (χ0v) is 10.2. The largest absolute Gasteiger partial charge is 0.505 e. The van der Waals surface area contributed by atoms with Gasteiger partial charge in [-0.05, 0) is 13.1 Å². The number of Topliss-reactive ketones (excluding diaryl/α,β-unsaturated/α-hetero) is 1. The molecule has 17 heavy (non-hydrogen) atoms. The second-order valence-electron chi connectivity index (χ2n) is 2.70. The van der Waals surface area contributed by atoms with Crippen LogP contribution >= 0.6 is 0 Å². The molecule has 5 nitrogen and oxygen atoms in total. The second kappa shape index (κ2) is 10.2. The van der Waals surface area contributed by atoms with Gasteiger partial charge in [0.15, 0.2) is 0 Å². The van der Waals surface area contributed by atoms with Gasteiger partial charge >= 0.3 is 0 Å². The summed E-state index contributed by atoms with van der Waals surface area (Å²) in [6, 6.07) is 0. The van der Waals surface area contributed by atoms with Gasteiger partial charge in [0.1, 0.15) is 5.76 Å². The number of rotatable bonds is 4. The van der Waals surface area contributed by atoms with Crippen molar-refractivity contribution in [3.63, 3.8) is 0 Å². The molecular formula is C12H19N3O2. The molecule has 0 unspecified atom stereocenters. The van der Waals surface area contributed by atoms with Gasteiger partial charge in [-0.3, -0.25) is 9.79 Å². The summed E-state index contributed by atoms with van der Waals surface area (Å²) >= 11 is 0. The molecule has 0 fully saturated rings. The van der Waals surface area contributed by atoms with Crippen LogP contribution in [0.1, 0.15) is 6.92 Å². The molecule has 5 heteroatoms. The molecule has 0 saturated carbocycles. The molecule has 0 heterocycles. The molecule has 0 bridgehead atoms. The maximum atomic E-state index is 11.3. The van der Waals surface area contributed by atoms with Gasteiger partial charge in [-0.1, -0.05) is 25.3 Å². The fourth-order valence-electron chi connectivity index (χ4n) is 0.793. The number of nitrogens with zero attached hydrogens (tertiary/aromatic N) is 1. The molecular weight excluding hydrogens is 218 g/mol. The van der Waals surface area contributed by atoms with E-state index in [1.54, 1.807) is 6.92 Å². The predicted octanol–water partition coefficient (Wildman–Crippen LogP) is 1.21. The first kappa shape index (κ1) is 17.1. The Hall–Kier alpha value is -2.30. The molecule has 0 aliphatic rings. The van der Waals surface area contributed by atoms with Gasteiger partial charge in [-0.25, -0.2) is 0 Å². The Morgan fingerprint density at radius 1 is 1.41 bits per heavy atom. The van der Waals surface area contributed by atoms with Crippen molar-refractivity contribution in [1.82, 2.24) is 0 Å². The molecule has 94 valence electrons. The van der Waals surface area contributed by atoms with Crippen LogP contribution in [0.5, 0.6) is 0 Å². The molecule has 0 aromatic carbocycles.